The average molecular weight is 229 g/mol. The van der Waals surface area contributed by atoms with E-state index in [9.17, 15) is 0 Å². The average Bonchev–Trinajstić information content (AvgIpc) is 2.30. The Morgan fingerprint density at radius 2 is 2.47 bits per heavy atom. The maximum Gasteiger partial charge on any atom is 0.0876 e. The Hall–Kier alpha value is -0.150. The Balaban J connectivity index is 2.41. The molecule has 0 amide bonds. The summed E-state index contributed by atoms with van der Waals surface area (Å²) in [7, 11) is 0. The summed E-state index contributed by atoms with van der Waals surface area (Å²) in [5, 5.41) is 3.61. The largest absolute Gasteiger partial charge is 0.501 e. The second-order valence-corrected chi connectivity index (χ2v) is 4.94. The van der Waals surface area contributed by atoms with Gasteiger partial charge < -0.3 is 10.1 Å². The molecule has 15 heavy (non-hydrogen) atoms. The van der Waals surface area contributed by atoms with Gasteiger partial charge in [-0.15, -0.1) is 0 Å². The van der Waals surface area contributed by atoms with Crippen molar-refractivity contribution in [2.45, 2.75) is 38.6 Å². The van der Waals surface area contributed by atoms with E-state index >= 15 is 0 Å². The van der Waals surface area contributed by atoms with Gasteiger partial charge in [0.15, 0.2) is 0 Å². The molecule has 1 atom stereocenters. The van der Waals surface area contributed by atoms with Crippen molar-refractivity contribution in [3.63, 3.8) is 0 Å². The molecule has 0 bridgehead atoms. The Labute approximate surface area is 97.8 Å². The molecule has 1 rings (SSSR count). The van der Waals surface area contributed by atoms with Crippen LogP contribution in [0.3, 0.4) is 0 Å². The van der Waals surface area contributed by atoms with Crippen molar-refractivity contribution in [2.24, 2.45) is 0 Å². The molecule has 2 nitrogen and oxygen atoms in total. The van der Waals surface area contributed by atoms with Crippen LogP contribution in [0.4, 0.5) is 0 Å². The first-order valence-electron chi connectivity index (χ1n) is 5.91. The summed E-state index contributed by atoms with van der Waals surface area (Å²) in [5.41, 5.74) is 1.46. The van der Waals surface area contributed by atoms with E-state index in [0.29, 0.717) is 6.04 Å². The first kappa shape index (κ1) is 12.9. The van der Waals surface area contributed by atoms with Crippen molar-refractivity contribution < 1.29 is 4.74 Å². The topological polar surface area (TPSA) is 21.3 Å². The van der Waals surface area contributed by atoms with Gasteiger partial charge in [0, 0.05) is 6.04 Å². The molecule has 1 aliphatic heterocycles. The number of thioether (sulfide) groups is 1. The fraction of sp³-hybridized carbons (Fsp3) is 0.833. The standard InChI is InChI=1S/C12H23NOS/c1-3-7-13-12(6-9-15-2)11-5-4-8-14-10-11/h10,12-13H,3-9H2,1-2H3. The van der Waals surface area contributed by atoms with E-state index in [4.69, 9.17) is 4.74 Å². The second-order valence-electron chi connectivity index (χ2n) is 3.96. The van der Waals surface area contributed by atoms with E-state index < -0.39 is 0 Å². The van der Waals surface area contributed by atoms with Crippen LogP contribution >= 0.6 is 11.8 Å². The summed E-state index contributed by atoms with van der Waals surface area (Å²) in [6, 6.07) is 0.540. The maximum atomic E-state index is 5.41. The van der Waals surface area contributed by atoms with Crippen LogP contribution in [0.5, 0.6) is 0 Å². The molecule has 0 fully saturated rings. The van der Waals surface area contributed by atoms with Gasteiger partial charge in [-0.2, -0.15) is 11.8 Å². The predicted molar refractivity (Wildman–Crippen MR) is 68.3 cm³/mol. The molecule has 0 saturated carbocycles. The lowest BCUT2D eigenvalue weighted by atomic mass is 10.00. The fourth-order valence-electron chi connectivity index (χ4n) is 1.81. The molecular weight excluding hydrogens is 206 g/mol. The van der Waals surface area contributed by atoms with Gasteiger partial charge in [0.05, 0.1) is 12.9 Å². The van der Waals surface area contributed by atoms with Crippen molar-refractivity contribution in [1.29, 1.82) is 0 Å². The number of hydrogen-bond acceptors (Lipinski definition) is 3. The van der Waals surface area contributed by atoms with Gasteiger partial charge in [0.25, 0.3) is 0 Å². The van der Waals surface area contributed by atoms with Crippen LogP contribution < -0.4 is 5.32 Å². The Bertz CT molecular complexity index is 186. The van der Waals surface area contributed by atoms with Crippen LogP contribution in [0.15, 0.2) is 11.8 Å². The van der Waals surface area contributed by atoms with Gasteiger partial charge in [-0.1, -0.05) is 6.92 Å². The molecule has 1 unspecified atom stereocenters. The Morgan fingerprint density at radius 3 is 3.07 bits per heavy atom. The first-order valence-corrected chi connectivity index (χ1v) is 7.30. The van der Waals surface area contributed by atoms with Crippen LogP contribution in [0.2, 0.25) is 0 Å². The smallest absolute Gasteiger partial charge is 0.0876 e. The Morgan fingerprint density at radius 1 is 1.60 bits per heavy atom. The molecule has 0 saturated heterocycles. The van der Waals surface area contributed by atoms with Crippen LogP contribution in [0.25, 0.3) is 0 Å². The molecular formula is C12H23NOS. The van der Waals surface area contributed by atoms with Gasteiger partial charge in [0.1, 0.15) is 0 Å². The zero-order valence-electron chi connectivity index (χ0n) is 9.92. The van der Waals surface area contributed by atoms with E-state index in [-0.39, 0.29) is 0 Å². The van der Waals surface area contributed by atoms with E-state index in [1.54, 1.807) is 0 Å². The summed E-state index contributed by atoms with van der Waals surface area (Å²) in [6.07, 6.45) is 8.95. The highest BCUT2D eigenvalue weighted by Crippen LogP contribution is 2.19. The maximum absolute atomic E-state index is 5.41. The molecule has 0 radical (unpaired) electrons. The van der Waals surface area contributed by atoms with Gasteiger partial charge in [-0.25, -0.2) is 0 Å². The molecule has 1 heterocycles. The number of ether oxygens (including phenoxy) is 1. The minimum absolute atomic E-state index is 0.540. The normalized spacial score (nSPS) is 18.1. The van der Waals surface area contributed by atoms with Crippen molar-refractivity contribution in [1.82, 2.24) is 5.32 Å². The van der Waals surface area contributed by atoms with E-state index in [2.05, 4.69) is 18.5 Å². The minimum Gasteiger partial charge on any atom is -0.501 e. The molecule has 88 valence electrons. The molecule has 1 aliphatic rings. The van der Waals surface area contributed by atoms with Crippen LogP contribution in [0.1, 0.15) is 32.6 Å². The van der Waals surface area contributed by atoms with Crippen LogP contribution in [-0.2, 0) is 4.74 Å². The second kappa shape index (κ2) is 8.05. The summed E-state index contributed by atoms with van der Waals surface area (Å²) >= 11 is 1.92. The van der Waals surface area contributed by atoms with Gasteiger partial charge in [-0.05, 0) is 49.8 Å². The summed E-state index contributed by atoms with van der Waals surface area (Å²) in [4.78, 5) is 0. The molecule has 0 aromatic carbocycles. The van der Waals surface area contributed by atoms with Gasteiger partial charge in [0.2, 0.25) is 0 Å². The summed E-state index contributed by atoms with van der Waals surface area (Å²) in [5.74, 6) is 1.22. The summed E-state index contributed by atoms with van der Waals surface area (Å²) < 4.78 is 5.41. The lowest BCUT2D eigenvalue weighted by Crippen LogP contribution is -2.33. The molecule has 1 N–H and O–H groups in total. The lowest BCUT2D eigenvalue weighted by Gasteiger charge is -2.24. The monoisotopic (exact) mass is 229 g/mol. The summed E-state index contributed by atoms with van der Waals surface area (Å²) in [6.45, 7) is 4.22. The Kier molecular flexibility index (Phi) is 6.94. The number of rotatable bonds is 7. The minimum atomic E-state index is 0.540. The highest BCUT2D eigenvalue weighted by Gasteiger charge is 2.15. The highest BCUT2D eigenvalue weighted by atomic mass is 32.2. The molecule has 0 aromatic heterocycles. The molecule has 0 aromatic rings. The number of hydrogen-bond donors (Lipinski definition) is 1. The zero-order chi connectivity index (χ0) is 10.9. The first-order chi connectivity index (χ1) is 7.38. The lowest BCUT2D eigenvalue weighted by molar-refractivity contribution is 0.219. The van der Waals surface area contributed by atoms with Crippen molar-refractivity contribution in [3.8, 4) is 0 Å². The third kappa shape index (κ3) is 4.94. The van der Waals surface area contributed by atoms with Gasteiger partial charge in [-0.3, -0.25) is 0 Å². The van der Waals surface area contributed by atoms with Crippen molar-refractivity contribution >= 4 is 11.8 Å². The molecule has 3 heteroatoms. The molecule has 0 aliphatic carbocycles. The zero-order valence-corrected chi connectivity index (χ0v) is 10.7. The van der Waals surface area contributed by atoms with E-state index in [1.807, 2.05) is 18.0 Å². The fourth-order valence-corrected chi connectivity index (χ4v) is 2.29. The quantitative estimate of drug-likeness (QED) is 0.725. The highest BCUT2D eigenvalue weighted by molar-refractivity contribution is 7.98. The van der Waals surface area contributed by atoms with E-state index in [0.717, 1.165) is 13.2 Å². The predicted octanol–water partition coefficient (Wildman–Crippen LogP) is 2.80. The number of nitrogens with one attached hydrogen (secondary N) is 1. The van der Waals surface area contributed by atoms with Crippen LogP contribution in [0, 0.1) is 0 Å². The van der Waals surface area contributed by atoms with Crippen molar-refractivity contribution in [2.75, 3.05) is 25.2 Å². The van der Waals surface area contributed by atoms with Gasteiger partial charge >= 0.3 is 0 Å². The van der Waals surface area contributed by atoms with E-state index in [1.165, 1.54) is 37.0 Å². The van der Waals surface area contributed by atoms with Crippen molar-refractivity contribution in [3.05, 3.63) is 11.8 Å². The molecule has 0 spiro atoms. The third-order valence-electron chi connectivity index (χ3n) is 2.66. The third-order valence-corrected chi connectivity index (χ3v) is 3.31. The SMILES string of the molecule is CCCNC(CCSC)C1=COCCC1. The van der Waals surface area contributed by atoms with Crippen LogP contribution in [-0.4, -0.2) is 31.2 Å².